The number of aromatic nitrogens is 7. The Hall–Kier alpha value is -19.5. The van der Waals surface area contributed by atoms with Crippen LogP contribution in [0.2, 0.25) is 0 Å². The number of rotatable bonds is 12. The van der Waals surface area contributed by atoms with E-state index in [-0.39, 0.29) is 0 Å². The molecule has 0 aliphatic carbocycles. The Balaban J connectivity index is 0.000000109. The van der Waals surface area contributed by atoms with Crippen LogP contribution in [-0.4, -0.2) is 34.9 Å². The summed E-state index contributed by atoms with van der Waals surface area (Å²) in [5, 5.41) is 27.9. The molecule has 7 heteroatoms. The fourth-order valence-electron chi connectivity index (χ4n) is 21.6. The Morgan fingerprint density at radius 1 is 0.116 bits per heavy atom. The lowest BCUT2D eigenvalue weighted by atomic mass is 9.90. The van der Waals surface area contributed by atoms with E-state index >= 15 is 0 Å². The first-order valence-corrected chi connectivity index (χ1v) is 49.6. The summed E-state index contributed by atoms with van der Waals surface area (Å²) in [5.41, 5.74) is 30.9. The van der Waals surface area contributed by atoms with Gasteiger partial charge in [0.05, 0.1) is 61.7 Å². The number of fused-ring (bicyclic) bond motifs is 17. The Morgan fingerprint density at radius 2 is 0.418 bits per heavy atom. The van der Waals surface area contributed by atoms with Gasteiger partial charge in [0, 0.05) is 78.9 Å². The molecule has 0 saturated heterocycles. The van der Waals surface area contributed by atoms with Gasteiger partial charge in [-0.3, -0.25) is 9.97 Å². The third-order valence-corrected chi connectivity index (χ3v) is 29.0. The standard InChI is InChI=1S/C48H30N2.C47H29N3.C44H28N2/c1-2-11-35-27-38(22-17-31(35)9-1)48-30-43(32-18-20-34(21-19-32)46-25-23-33-10-4-8-16-45(33)49-46)44-29-37(24-26-47(44)50-48)42-28-36-12-3-5-13-39(36)40-14-6-7-15-41(40)42;1-2-11-32-25-35(18-17-30(32)9-1)47-28-41(36-21-23-45(48-29-36)46-24-19-31-10-4-8-16-43(31)49-46)42-27-34(20-22-44(42)50-47)40-26-33-12-3-5-13-37(33)38-14-6-7-15-39(38)40;1-2-10-30-24-35(19-18-29(30)9-1)44-27-41(32-13-7-12-31(23-32)36-14-8-22-45-28-36)42-26-34(20-21-43(42)46-44)40-25-33-11-3-4-15-37(33)38-16-5-6-17-39(38)40/h1-30H;1-29H;1-28H. The molecule has 29 aromatic rings. The van der Waals surface area contributed by atoms with Crippen LogP contribution < -0.4 is 0 Å². The average molecular weight is 1860 g/mol. The normalized spacial score (nSPS) is 11.6. The van der Waals surface area contributed by atoms with E-state index in [2.05, 4.69) is 478 Å². The number of hydrogen-bond donors (Lipinski definition) is 0. The highest BCUT2D eigenvalue weighted by atomic mass is 14.8. The van der Waals surface area contributed by atoms with Gasteiger partial charge in [-0.2, -0.15) is 0 Å². The van der Waals surface area contributed by atoms with Crippen molar-refractivity contribution in [3.05, 3.63) is 528 Å². The van der Waals surface area contributed by atoms with Crippen molar-refractivity contribution >= 4 is 151 Å². The molecule has 0 N–H and O–H groups in total. The van der Waals surface area contributed by atoms with Crippen LogP contribution in [0.3, 0.4) is 0 Å². The van der Waals surface area contributed by atoms with Crippen molar-refractivity contribution in [1.29, 1.82) is 0 Å². The first kappa shape index (κ1) is 85.7. The van der Waals surface area contributed by atoms with Crippen molar-refractivity contribution in [2.75, 3.05) is 0 Å². The van der Waals surface area contributed by atoms with E-state index in [1.807, 2.05) is 55.0 Å². The van der Waals surface area contributed by atoms with Crippen molar-refractivity contribution in [3.8, 4) is 134 Å². The maximum absolute atomic E-state index is 5.27. The summed E-state index contributed by atoms with van der Waals surface area (Å²) in [6.07, 6.45) is 5.72. The Bertz CT molecular complexity index is 9890. The number of para-hydroxylation sites is 2. The van der Waals surface area contributed by atoms with Crippen LogP contribution in [0.25, 0.3) is 286 Å². The molecule has 0 aliphatic heterocycles. The van der Waals surface area contributed by atoms with Crippen molar-refractivity contribution < 1.29 is 0 Å². The molecule has 0 unspecified atom stereocenters. The molecule has 29 rings (SSSR count). The van der Waals surface area contributed by atoms with Crippen molar-refractivity contribution in [3.63, 3.8) is 0 Å². The van der Waals surface area contributed by atoms with E-state index in [0.29, 0.717) is 0 Å². The fraction of sp³-hybridized carbons (Fsp3) is 0. The molecule has 0 atom stereocenters. The lowest BCUT2D eigenvalue weighted by molar-refractivity contribution is 1.28. The molecule has 7 nitrogen and oxygen atoms in total. The minimum absolute atomic E-state index is 0.843. The van der Waals surface area contributed by atoms with E-state index in [1.165, 1.54) is 125 Å². The zero-order chi connectivity index (χ0) is 96.5. The summed E-state index contributed by atoms with van der Waals surface area (Å²) in [6, 6.07) is 182. The molecule has 0 aliphatic rings. The smallest absolute Gasteiger partial charge is 0.0893 e. The maximum Gasteiger partial charge on any atom is 0.0893 e. The highest BCUT2D eigenvalue weighted by molar-refractivity contribution is 6.18. The minimum atomic E-state index is 0.843. The Labute approximate surface area is 842 Å². The summed E-state index contributed by atoms with van der Waals surface area (Å²) in [4.78, 5) is 35.0. The van der Waals surface area contributed by atoms with Gasteiger partial charge >= 0.3 is 0 Å². The molecule has 22 aromatic carbocycles. The zero-order valence-corrected chi connectivity index (χ0v) is 79.4. The van der Waals surface area contributed by atoms with Crippen LogP contribution >= 0.6 is 0 Å². The third-order valence-electron chi connectivity index (χ3n) is 29.0. The Morgan fingerprint density at radius 3 is 0.842 bits per heavy atom. The summed E-state index contributed by atoms with van der Waals surface area (Å²) < 4.78 is 0. The van der Waals surface area contributed by atoms with Gasteiger partial charge in [-0.1, -0.05) is 376 Å². The van der Waals surface area contributed by atoms with Crippen molar-refractivity contribution in [2.24, 2.45) is 0 Å². The number of benzene rings is 22. The summed E-state index contributed by atoms with van der Waals surface area (Å²) in [7, 11) is 0. The minimum Gasteiger partial charge on any atom is -0.264 e. The molecule has 0 fully saturated rings. The second-order valence-electron chi connectivity index (χ2n) is 37.7. The van der Waals surface area contributed by atoms with E-state index in [9.17, 15) is 0 Å². The summed E-state index contributed by atoms with van der Waals surface area (Å²) in [5.74, 6) is 0. The van der Waals surface area contributed by atoms with Gasteiger partial charge in [0.2, 0.25) is 0 Å². The predicted octanol–water partition coefficient (Wildman–Crippen LogP) is 37.0. The van der Waals surface area contributed by atoms with E-state index in [1.54, 1.807) is 0 Å². The molecular weight excluding hydrogens is 1770 g/mol. The lowest BCUT2D eigenvalue weighted by Gasteiger charge is -2.15. The molecule has 146 heavy (non-hydrogen) atoms. The quantitative estimate of drug-likeness (QED) is 0.113. The first-order valence-electron chi connectivity index (χ1n) is 49.6. The molecule has 0 spiro atoms. The van der Waals surface area contributed by atoms with Crippen LogP contribution in [0.4, 0.5) is 0 Å². The van der Waals surface area contributed by atoms with E-state index in [4.69, 9.17) is 29.9 Å². The second kappa shape index (κ2) is 36.6. The van der Waals surface area contributed by atoms with Gasteiger partial charge < -0.3 is 0 Å². The number of pyridine rings is 7. The number of nitrogens with zero attached hydrogens (tertiary/aromatic N) is 7. The number of hydrogen-bond acceptors (Lipinski definition) is 7. The van der Waals surface area contributed by atoms with Gasteiger partial charge in [-0.25, -0.2) is 24.9 Å². The van der Waals surface area contributed by atoms with Crippen LogP contribution in [0.1, 0.15) is 0 Å². The zero-order valence-electron chi connectivity index (χ0n) is 79.4. The highest BCUT2D eigenvalue weighted by Crippen LogP contribution is 2.47. The van der Waals surface area contributed by atoms with Crippen LogP contribution in [0, 0.1) is 0 Å². The predicted molar refractivity (Wildman–Crippen MR) is 614 cm³/mol. The third kappa shape index (κ3) is 16.1. The van der Waals surface area contributed by atoms with Gasteiger partial charge in [0.15, 0.2) is 0 Å². The molecule has 7 heterocycles. The summed E-state index contributed by atoms with van der Waals surface area (Å²) in [6.45, 7) is 0. The molecule has 0 radical (unpaired) electrons. The first-order chi connectivity index (χ1) is 72.3. The molecule has 0 bridgehead atoms. The summed E-state index contributed by atoms with van der Waals surface area (Å²) >= 11 is 0. The van der Waals surface area contributed by atoms with Crippen LogP contribution in [0.5, 0.6) is 0 Å². The maximum atomic E-state index is 5.27. The van der Waals surface area contributed by atoms with Crippen molar-refractivity contribution in [2.45, 2.75) is 0 Å². The van der Waals surface area contributed by atoms with E-state index in [0.717, 1.165) is 161 Å². The largest absolute Gasteiger partial charge is 0.264 e. The highest BCUT2D eigenvalue weighted by Gasteiger charge is 2.22. The molecule has 678 valence electrons. The SMILES string of the molecule is c1ccc2cc(-c3cc(-c4ccc(-c5ccc6ccccc6n5)cc4)c4cc(-c5cc6ccccc6c6ccccc56)ccc4n3)ccc2c1.c1ccc2cc(-c3cc(-c4ccc(-c5ccc6ccccc6n5)nc4)c4cc(-c5cc6ccccc6c6ccccc56)ccc4n3)ccc2c1.c1cncc(-c2cccc(-c3cc(-c4ccc5ccccc5c4)nc4ccc(-c5cc6ccccc6c6ccccc56)cc34)c2)c1. The average Bonchev–Trinajstić information content (AvgIpc) is 0.749. The molecular formula is C139H87N7. The van der Waals surface area contributed by atoms with Crippen molar-refractivity contribution in [1.82, 2.24) is 34.9 Å². The van der Waals surface area contributed by atoms with E-state index < -0.39 is 0 Å². The monoisotopic (exact) mass is 1850 g/mol. The topological polar surface area (TPSA) is 90.2 Å². The van der Waals surface area contributed by atoms with Gasteiger partial charge in [0.25, 0.3) is 0 Å². The Kier molecular flexibility index (Phi) is 21.5. The van der Waals surface area contributed by atoms with Crippen LogP contribution in [0.15, 0.2) is 528 Å². The van der Waals surface area contributed by atoms with Gasteiger partial charge in [-0.15, -0.1) is 0 Å². The molecule has 0 amide bonds. The lowest BCUT2D eigenvalue weighted by Crippen LogP contribution is -1.93. The van der Waals surface area contributed by atoms with Gasteiger partial charge in [0.1, 0.15) is 0 Å². The second-order valence-corrected chi connectivity index (χ2v) is 37.7. The molecule has 7 aromatic heterocycles. The molecule has 0 saturated carbocycles. The van der Waals surface area contributed by atoms with Crippen LogP contribution in [-0.2, 0) is 0 Å². The fourth-order valence-corrected chi connectivity index (χ4v) is 21.6. The van der Waals surface area contributed by atoms with Gasteiger partial charge in [-0.05, 0) is 297 Å².